The molecule has 16 heavy (non-hydrogen) atoms. The minimum absolute atomic E-state index is 0.0778. The zero-order chi connectivity index (χ0) is 12.0. The smallest absolute Gasteiger partial charge is 0.180 e. The minimum Gasteiger partial charge on any atom is -0.496 e. The minimum atomic E-state index is 0.0778. The topological polar surface area (TPSA) is 38.3 Å². The fourth-order valence-corrected chi connectivity index (χ4v) is 1.53. The van der Waals surface area contributed by atoms with E-state index in [2.05, 4.69) is 12.2 Å². The normalized spacial score (nSPS) is 10.2. The molecular weight excluding hydrogens is 202 g/mol. The summed E-state index contributed by atoms with van der Waals surface area (Å²) in [5.41, 5.74) is 1.82. The van der Waals surface area contributed by atoms with Gasteiger partial charge < -0.3 is 10.1 Å². The molecule has 3 nitrogen and oxygen atoms in total. The van der Waals surface area contributed by atoms with E-state index in [0.29, 0.717) is 17.9 Å². The molecule has 0 aliphatic heterocycles. The van der Waals surface area contributed by atoms with Gasteiger partial charge in [-0.3, -0.25) is 4.79 Å². The molecule has 0 saturated heterocycles. The van der Waals surface area contributed by atoms with Crippen LogP contribution in [0.15, 0.2) is 18.2 Å². The van der Waals surface area contributed by atoms with Crippen molar-refractivity contribution in [3.05, 3.63) is 29.3 Å². The first-order chi connectivity index (χ1) is 7.72. The van der Waals surface area contributed by atoms with Crippen molar-refractivity contribution in [2.75, 3.05) is 20.2 Å². The number of carbonyl (C=O) groups is 1. The quantitative estimate of drug-likeness (QED) is 0.747. The van der Waals surface area contributed by atoms with E-state index < -0.39 is 0 Å². The zero-order valence-electron chi connectivity index (χ0n) is 10.2. The van der Waals surface area contributed by atoms with E-state index in [4.69, 9.17) is 4.74 Å². The van der Waals surface area contributed by atoms with Crippen LogP contribution in [0.2, 0.25) is 0 Å². The lowest BCUT2D eigenvalue weighted by Gasteiger charge is -2.09. The highest BCUT2D eigenvalue weighted by atomic mass is 16.5. The van der Waals surface area contributed by atoms with E-state index in [-0.39, 0.29) is 5.78 Å². The van der Waals surface area contributed by atoms with Crippen molar-refractivity contribution in [1.29, 1.82) is 0 Å². The molecule has 1 aromatic carbocycles. The number of likely N-dealkylation sites (N-methyl/N-ethyl adjacent to an activating group) is 1. The van der Waals surface area contributed by atoms with Gasteiger partial charge in [-0.25, -0.2) is 0 Å². The Morgan fingerprint density at radius 3 is 2.69 bits per heavy atom. The Morgan fingerprint density at radius 2 is 2.12 bits per heavy atom. The van der Waals surface area contributed by atoms with Gasteiger partial charge in [0.15, 0.2) is 5.78 Å². The van der Waals surface area contributed by atoms with Crippen LogP contribution in [-0.4, -0.2) is 26.0 Å². The molecule has 1 aromatic rings. The van der Waals surface area contributed by atoms with E-state index in [1.807, 2.05) is 25.1 Å². The highest BCUT2D eigenvalue weighted by Crippen LogP contribution is 2.20. The third-order valence-corrected chi connectivity index (χ3v) is 2.51. The lowest BCUT2D eigenvalue weighted by molar-refractivity contribution is 0.0988. The van der Waals surface area contributed by atoms with Gasteiger partial charge in [-0.15, -0.1) is 0 Å². The first kappa shape index (κ1) is 12.7. The number of methoxy groups -OCH3 is 1. The Morgan fingerprint density at radius 1 is 1.38 bits per heavy atom. The molecule has 0 atom stereocenters. The summed E-state index contributed by atoms with van der Waals surface area (Å²) in [5.74, 6) is 0.731. The summed E-state index contributed by atoms with van der Waals surface area (Å²) in [6, 6.07) is 5.76. The fraction of sp³-hybridized carbons (Fsp3) is 0.462. The van der Waals surface area contributed by atoms with Crippen LogP contribution in [-0.2, 0) is 6.42 Å². The van der Waals surface area contributed by atoms with Crippen molar-refractivity contribution in [2.45, 2.75) is 20.3 Å². The van der Waals surface area contributed by atoms with Gasteiger partial charge in [0, 0.05) is 0 Å². The Bertz CT molecular complexity index is 361. The largest absolute Gasteiger partial charge is 0.496 e. The van der Waals surface area contributed by atoms with Gasteiger partial charge in [-0.2, -0.15) is 0 Å². The third kappa shape index (κ3) is 3.07. The van der Waals surface area contributed by atoms with E-state index >= 15 is 0 Å². The molecule has 1 N–H and O–H groups in total. The number of nitrogens with one attached hydrogen (secondary N) is 1. The highest BCUT2D eigenvalue weighted by molar-refractivity contribution is 6.00. The van der Waals surface area contributed by atoms with Gasteiger partial charge in [0.05, 0.1) is 19.2 Å². The van der Waals surface area contributed by atoms with E-state index in [1.165, 1.54) is 0 Å². The van der Waals surface area contributed by atoms with E-state index in [9.17, 15) is 4.79 Å². The van der Waals surface area contributed by atoms with Crippen LogP contribution in [0.5, 0.6) is 5.75 Å². The zero-order valence-corrected chi connectivity index (χ0v) is 10.2. The number of aryl methyl sites for hydroxylation is 1. The van der Waals surface area contributed by atoms with Gasteiger partial charge in [0.1, 0.15) is 5.75 Å². The summed E-state index contributed by atoms with van der Waals surface area (Å²) in [7, 11) is 1.59. The Balaban J connectivity index is 2.94. The van der Waals surface area contributed by atoms with Crippen molar-refractivity contribution in [3.63, 3.8) is 0 Å². The van der Waals surface area contributed by atoms with Crippen molar-refractivity contribution >= 4 is 5.78 Å². The second-order valence-corrected chi connectivity index (χ2v) is 3.59. The van der Waals surface area contributed by atoms with Crippen molar-refractivity contribution < 1.29 is 9.53 Å². The number of ether oxygens (including phenoxy) is 1. The number of benzene rings is 1. The predicted molar refractivity (Wildman–Crippen MR) is 65.2 cm³/mol. The molecular formula is C13H19NO2. The van der Waals surface area contributed by atoms with Crippen molar-refractivity contribution in [3.8, 4) is 5.75 Å². The molecule has 3 heteroatoms. The number of carbonyl (C=O) groups excluding carboxylic acids is 1. The van der Waals surface area contributed by atoms with Crippen LogP contribution in [0.3, 0.4) is 0 Å². The van der Waals surface area contributed by atoms with Crippen LogP contribution in [0, 0.1) is 0 Å². The summed E-state index contributed by atoms with van der Waals surface area (Å²) in [4.78, 5) is 11.9. The van der Waals surface area contributed by atoms with Gasteiger partial charge >= 0.3 is 0 Å². The molecule has 0 saturated carbocycles. The second kappa shape index (κ2) is 6.28. The Labute approximate surface area is 96.8 Å². The number of rotatable bonds is 6. The summed E-state index contributed by atoms with van der Waals surface area (Å²) >= 11 is 0. The van der Waals surface area contributed by atoms with Gasteiger partial charge in [0.2, 0.25) is 0 Å². The van der Waals surface area contributed by atoms with Crippen LogP contribution < -0.4 is 10.1 Å². The molecule has 0 bridgehead atoms. The highest BCUT2D eigenvalue weighted by Gasteiger charge is 2.11. The first-order valence-electron chi connectivity index (χ1n) is 5.63. The molecule has 0 heterocycles. The summed E-state index contributed by atoms with van der Waals surface area (Å²) in [5, 5.41) is 3.03. The van der Waals surface area contributed by atoms with Crippen LogP contribution in [0.4, 0.5) is 0 Å². The van der Waals surface area contributed by atoms with Crippen LogP contribution in [0.25, 0.3) is 0 Å². The number of hydrogen-bond donors (Lipinski definition) is 1. The number of hydrogen-bond acceptors (Lipinski definition) is 3. The summed E-state index contributed by atoms with van der Waals surface area (Å²) in [6.45, 7) is 5.20. The lowest BCUT2D eigenvalue weighted by Crippen LogP contribution is -2.23. The monoisotopic (exact) mass is 221 g/mol. The van der Waals surface area contributed by atoms with Crippen molar-refractivity contribution in [2.24, 2.45) is 0 Å². The number of Topliss-reactive ketones (excluding diaryl/α,β-unsaturated/α-hetero) is 1. The molecule has 0 aliphatic carbocycles. The lowest BCUT2D eigenvalue weighted by atomic mass is 10.0. The molecule has 0 radical (unpaired) electrons. The fourth-order valence-electron chi connectivity index (χ4n) is 1.53. The van der Waals surface area contributed by atoms with Crippen LogP contribution in [0.1, 0.15) is 29.8 Å². The average molecular weight is 221 g/mol. The van der Waals surface area contributed by atoms with Gasteiger partial charge in [-0.1, -0.05) is 19.9 Å². The van der Waals surface area contributed by atoms with E-state index in [1.54, 1.807) is 7.11 Å². The predicted octanol–water partition coefficient (Wildman–Crippen LogP) is 2.05. The Hall–Kier alpha value is -1.35. The maximum Gasteiger partial charge on any atom is 0.180 e. The SMILES string of the molecule is CCNCC(=O)c1cc(CC)ccc1OC. The van der Waals surface area contributed by atoms with Crippen molar-refractivity contribution in [1.82, 2.24) is 5.32 Å². The molecule has 0 fully saturated rings. The summed E-state index contributed by atoms with van der Waals surface area (Å²) in [6.07, 6.45) is 0.922. The molecule has 88 valence electrons. The summed E-state index contributed by atoms with van der Waals surface area (Å²) < 4.78 is 5.20. The maximum absolute atomic E-state index is 11.9. The third-order valence-electron chi connectivity index (χ3n) is 2.51. The molecule has 0 spiro atoms. The number of ketones is 1. The Kier molecular flexibility index (Phi) is 4.99. The second-order valence-electron chi connectivity index (χ2n) is 3.59. The standard InChI is InChI=1S/C13H19NO2/c1-4-10-6-7-13(16-3)11(8-10)12(15)9-14-5-2/h6-8,14H,4-5,9H2,1-3H3. The molecule has 0 unspecified atom stereocenters. The average Bonchev–Trinajstić information content (AvgIpc) is 2.35. The van der Waals surface area contributed by atoms with Gasteiger partial charge in [0.25, 0.3) is 0 Å². The van der Waals surface area contributed by atoms with Gasteiger partial charge in [-0.05, 0) is 30.7 Å². The van der Waals surface area contributed by atoms with E-state index in [0.717, 1.165) is 18.5 Å². The first-order valence-corrected chi connectivity index (χ1v) is 5.63. The maximum atomic E-state index is 11.9. The molecule has 1 rings (SSSR count). The van der Waals surface area contributed by atoms with Crippen LogP contribution >= 0.6 is 0 Å². The molecule has 0 aliphatic rings. The molecule has 0 aromatic heterocycles. The molecule has 0 amide bonds.